The van der Waals surface area contributed by atoms with Gasteiger partial charge in [0, 0.05) is 50.0 Å². The third kappa shape index (κ3) is 6.51. The molecule has 0 bridgehead atoms. The van der Waals surface area contributed by atoms with Crippen LogP contribution >= 0.6 is 0 Å². The van der Waals surface area contributed by atoms with Gasteiger partial charge in [0.2, 0.25) is 0 Å². The van der Waals surface area contributed by atoms with E-state index in [0.29, 0.717) is 0 Å². The van der Waals surface area contributed by atoms with E-state index in [2.05, 4.69) is 200 Å². The lowest BCUT2D eigenvalue weighted by Gasteiger charge is -2.43. The molecular formula is C61H55BN2O3. The highest BCUT2D eigenvalue weighted by molar-refractivity contribution is 7.00. The van der Waals surface area contributed by atoms with Crippen molar-refractivity contribution < 1.29 is 13.3 Å². The summed E-state index contributed by atoms with van der Waals surface area (Å²) in [5, 5.41) is 3.29. The minimum absolute atomic E-state index is 0.00474. The maximum atomic E-state index is 7.36. The first-order valence-corrected chi connectivity index (χ1v) is 23.8. The van der Waals surface area contributed by atoms with Crippen molar-refractivity contribution in [2.45, 2.75) is 86.0 Å². The summed E-state index contributed by atoms with van der Waals surface area (Å²) in [7, 11) is 0. The van der Waals surface area contributed by atoms with Crippen molar-refractivity contribution in [2.24, 2.45) is 0 Å². The first kappa shape index (κ1) is 41.3. The number of para-hydroxylation sites is 2. The van der Waals surface area contributed by atoms with Gasteiger partial charge in [-0.1, -0.05) is 134 Å². The van der Waals surface area contributed by atoms with Crippen LogP contribution in [0.1, 0.15) is 89.1 Å². The summed E-state index contributed by atoms with van der Waals surface area (Å²) in [6, 6.07) is 53.1. The fourth-order valence-corrected chi connectivity index (χ4v) is 10.8. The van der Waals surface area contributed by atoms with E-state index < -0.39 is 0 Å². The molecule has 10 aromatic rings. The molecule has 0 radical (unpaired) electrons. The number of rotatable bonds is 5. The number of fused-ring (bicyclic) bond motifs is 8. The zero-order valence-corrected chi connectivity index (χ0v) is 40.1. The Morgan fingerprint density at radius 3 is 1.72 bits per heavy atom. The Balaban J connectivity index is 1.18. The summed E-state index contributed by atoms with van der Waals surface area (Å²) in [5.41, 5.74) is 21.1. The van der Waals surface area contributed by atoms with E-state index >= 15 is 0 Å². The summed E-state index contributed by atoms with van der Waals surface area (Å²) in [6.07, 6.45) is 0. The molecule has 0 saturated carbocycles. The Morgan fingerprint density at radius 2 is 1.10 bits per heavy atom. The molecule has 0 N–H and O–H groups in total. The van der Waals surface area contributed by atoms with Gasteiger partial charge in [-0.3, -0.25) is 0 Å². The number of furan rings is 3. The monoisotopic (exact) mass is 874 g/mol. The molecular weight excluding hydrogens is 819 g/mol. The van der Waals surface area contributed by atoms with Gasteiger partial charge in [-0.05, 0) is 136 Å². The molecule has 0 unspecified atom stereocenters. The van der Waals surface area contributed by atoms with E-state index in [0.717, 1.165) is 84.0 Å². The van der Waals surface area contributed by atoms with Crippen LogP contribution in [0.25, 0.3) is 55.6 Å². The lowest BCUT2D eigenvalue weighted by atomic mass is 9.35. The smallest absolute Gasteiger partial charge is 0.297 e. The molecule has 7 aromatic carbocycles. The highest BCUT2D eigenvalue weighted by Gasteiger charge is 2.48. The van der Waals surface area contributed by atoms with E-state index in [1.165, 1.54) is 50.1 Å². The topological polar surface area (TPSA) is 45.9 Å². The van der Waals surface area contributed by atoms with Gasteiger partial charge in [-0.25, -0.2) is 0 Å². The number of nitrogens with zero attached hydrogens (tertiary/aromatic N) is 2. The molecule has 6 heteroatoms. The van der Waals surface area contributed by atoms with Crippen molar-refractivity contribution in [3.05, 3.63) is 173 Å². The fourth-order valence-electron chi connectivity index (χ4n) is 10.8. The predicted molar refractivity (Wildman–Crippen MR) is 282 cm³/mol. The van der Waals surface area contributed by atoms with Crippen molar-refractivity contribution in [1.82, 2.24) is 0 Å². The third-order valence-corrected chi connectivity index (χ3v) is 14.3. The first-order valence-electron chi connectivity index (χ1n) is 23.8. The van der Waals surface area contributed by atoms with Gasteiger partial charge in [0.25, 0.3) is 6.71 Å². The molecule has 67 heavy (non-hydrogen) atoms. The van der Waals surface area contributed by atoms with Crippen molar-refractivity contribution in [3.63, 3.8) is 0 Å². The molecule has 5 nitrogen and oxygen atoms in total. The highest BCUT2D eigenvalue weighted by Crippen LogP contribution is 2.51. The second kappa shape index (κ2) is 14.7. The lowest BCUT2D eigenvalue weighted by Crippen LogP contribution is -2.61. The standard InChI is InChI=1S/C61H55BN2O3/c1-35(2)42-30-49-56-50(31-42)64(57-36(3)26-44(27-37(57)4)61(8,9)10)58-46-34-43(60(5,6)7)23-25-53(46)67-59(58)62(56)47-24-22-41(55-33-40-17-12-14-21-52(40)66-55)29-48(47)63(49)45-19-15-18-38(28-45)54-32-39-16-11-13-20-51(39)65-54/h11-35H,1-10H3. The first-order chi connectivity index (χ1) is 32.1. The Morgan fingerprint density at radius 1 is 0.493 bits per heavy atom. The van der Waals surface area contributed by atoms with Crippen LogP contribution in [0.3, 0.4) is 0 Å². The van der Waals surface area contributed by atoms with Crippen molar-refractivity contribution in [1.29, 1.82) is 0 Å². The summed E-state index contributed by atoms with van der Waals surface area (Å²) < 4.78 is 20.5. The van der Waals surface area contributed by atoms with E-state index in [9.17, 15) is 0 Å². The molecule has 0 atom stereocenters. The Labute approximate surface area is 393 Å². The zero-order chi connectivity index (χ0) is 46.3. The minimum atomic E-state index is -0.202. The number of aryl methyl sites for hydroxylation is 2. The van der Waals surface area contributed by atoms with Crippen molar-refractivity contribution >= 4 is 90.3 Å². The molecule has 0 aliphatic carbocycles. The van der Waals surface area contributed by atoms with Crippen LogP contribution in [0.2, 0.25) is 0 Å². The second-order valence-electron chi connectivity index (χ2n) is 21.3. The summed E-state index contributed by atoms with van der Waals surface area (Å²) in [4.78, 5) is 5.06. The number of hydrogen-bond acceptors (Lipinski definition) is 5. The van der Waals surface area contributed by atoms with Crippen molar-refractivity contribution in [3.8, 4) is 22.6 Å². The summed E-state index contributed by atoms with van der Waals surface area (Å²) in [5.74, 6) is 1.92. The quantitative estimate of drug-likeness (QED) is 0.161. The van der Waals surface area contributed by atoms with Crippen LogP contribution in [0.4, 0.5) is 34.1 Å². The maximum Gasteiger partial charge on any atom is 0.297 e. The second-order valence-corrected chi connectivity index (χ2v) is 21.3. The van der Waals surface area contributed by atoms with Crippen molar-refractivity contribution in [2.75, 3.05) is 9.80 Å². The lowest BCUT2D eigenvalue weighted by molar-refractivity contribution is 0.589. The molecule has 330 valence electrons. The third-order valence-electron chi connectivity index (χ3n) is 14.3. The number of benzene rings is 7. The van der Waals surface area contributed by atoms with E-state index in [4.69, 9.17) is 13.3 Å². The van der Waals surface area contributed by atoms with Crippen LogP contribution in [0.5, 0.6) is 0 Å². The average molecular weight is 875 g/mol. The van der Waals surface area contributed by atoms with Gasteiger partial charge in [0.05, 0.1) is 17.0 Å². The molecule has 0 amide bonds. The zero-order valence-electron chi connectivity index (χ0n) is 40.1. The van der Waals surface area contributed by atoms with Gasteiger partial charge < -0.3 is 23.1 Å². The molecule has 0 spiro atoms. The normalized spacial score (nSPS) is 13.6. The van der Waals surface area contributed by atoms with Gasteiger partial charge in [-0.15, -0.1) is 0 Å². The van der Waals surface area contributed by atoms with Gasteiger partial charge in [0.1, 0.15) is 28.3 Å². The average Bonchev–Trinajstić information content (AvgIpc) is 4.04. The molecule has 5 heterocycles. The maximum absolute atomic E-state index is 7.36. The molecule has 0 saturated heterocycles. The fraction of sp³-hybridized carbons (Fsp3) is 0.213. The van der Waals surface area contributed by atoms with Crippen LogP contribution in [-0.2, 0) is 10.8 Å². The Hall–Kier alpha value is -7.18. The van der Waals surface area contributed by atoms with Gasteiger partial charge in [-0.2, -0.15) is 0 Å². The number of anilines is 6. The van der Waals surface area contributed by atoms with Crippen LogP contribution in [-0.4, -0.2) is 6.71 Å². The molecule has 0 fully saturated rings. The predicted octanol–water partition coefficient (Wildman–Crippen LogP) is 15.7. The largest absolute Gasteiger partial charge is 0.468 e. The molecule has 2 aliphatic rings. The van der Waals surface area contributed by atoms with Gasteiger partial charge in [0.15, 0.2) is 0 Å². The molecule has 3 aromatic heterocycles. The molecule has 12 rings (SSSR count). The molecule has 2 aliphatic heterocycles. The van der Waals surface area contributed by atoms with E-state index in [1.54, 1.807) is 0 Å². The van der Waals surface area contributed by atoms with E-state index in [1.807, 2.05) is 24.3 Å². The van der Waals surface area contributed by atoms with Crippen LogP contribution < -0.4 is 26.4 Å². The van der Waals surface area contributed by atoms with E-state index in [-0.39, 0.29) is 23.5 Å². The SMILES string of the molecule is Cc1cc(C(C)(C)C)cc(C)c1N1c2cc(C(C)C)cc3c2B(c2ccc(-c4cc5ccccc5o4)cc2N3c2cccc(-c3cc4ccccc4o3)c2)c2oc3ccc(C(C)(C)C)cc3c21. The highest BCUT2D eigenvalue weighted by atomic mass is 16.3. The Bertz CT molecular complexity index is 3550. The van der Waals surface area contributed by atoms with Gasteiger partial charge >= 0.3 is 0 Å². The summed E-state index contributed by atoms with van der Waals surface area (Å²) >= 11 is 0. The summed E-state index contributed by atoms with van der Waals surface area (Å²) in [6.45, 7) is 22.8. The minimum Gasteiger partial charge on any atom is -0.468 e. The number of hydrogen-bond donors (Lipinski definition) is 0. The Kier molecular flexibility index (Phi) is 9.03. The van der Waals surface area contributed by atoms with Crippen LogP contribution in [0.15, 0.2) is 159 Å². The van der Waals surface area contributed by atoms with Crippen LogP contribution in [0, 0.1) is 13.8 Å².